The molecule has 0 aliphatic carbocycles. The Bertz CT molecular complexity index is 158. The first-order valence-electron chi connectivity index (χ1n) is 3.12. The number of aliphatic hydroxyl groups excluding tert-OH is 1. The van der Waals surface area contributed by atoms with Crippen molar-refractivity contribution in [2.45, 2.75) is 25.4 Å². The van der Waals surface area contributed by atoms with Crippen LogP contribution in [0, 0.1) is 0 Å². The number of aliphatic hydroxyl groups is 1. The van der Waals surface area contributed by atoms with E-state index in [9.17, 15) is 14.7 Å². The van der Waals surface area contributed by atoms with Crippen molar-refractivity contribution in [2.24, 2.45) is 0 Å². The zero-order valence-corrected chi connectivity index (χ0v) is 9.94. The fourth-order valence-corrected chi connectivity index (χ4v) is 0.585. The fraction of sp³-hybridized carbons (Fsp3) is 0.667. The number of rotatable bonds is 5. The number of carboxylic acid groups (broad SMARTS) is 2. The molecule has 1 unspecified atom stereocenters. The number of carboxylic acids is 2. The van der Waals surface area contributed by atoms with Crippen molar-refractivity contribution in [3.63, 3.8) is 0 Å². The van der Waals surface area contributed by atoms with Gasteiger partial charge >= 0.3 is 57.4 Å². The molecule has 0 aliphatic rings. The maximum Gasteiger partial charge on any atom is 1.00 e. The largest absolute Gasteiger partial charge is 1.00 e. The molecular weight excluding hydrogens is 191 g/mol. The van der Waals surface area contributed by atoms with E-state index in [1.54, 1.807) is 0 Å². The molecule has 64 valence electrons. The predicted molar refractivity (Wildman–Crippen MR) is 32.5 cm³/mol. The summed E-state index contributed by atoms with van der Waals surface area (Å²) >= 11 is 0. The second-order valence-electron chi connectivity index (χ2n) is 2.16. The van der Waals surface area contributed by atoms with E-state index in [-0.39, 0.29) is 64.2 Å². The third-order valence-corrected chi connectivity index (χ3v) is 1.09. The molecule has 5 nitrogen and oxygen atoms in total. The van der Waals surface area contributed by atoms with Gasteiger partial charge in [0, 0.05) is 18.8 Å². The Hall–Kier alpha value is 0.536. The van der Waals surface area contributed by atoms with E-state index in [2.05, 4.69) is 0 Å². The smallest absolute Gasteiger partial charge is 0.550 e. The molecule has 0 saturated heterocycles. The summed E-state index contributed by atoms with van der Waals surface area (Å²) in [5.74, 6) is -2.43. The molecule has 0 aromatic carbocycles. The fourth-order valence-electron chi connectivity index (χ4n) is 0.585. The first-order valence-corrected chi connectivity index (χ1v) is 3.12. The van der Waals surface area contributed by atoms with Gasteiger partial charge in [-0.3, -0.25) is 4.79 Å². The molecule has 1 atom stereocenters. The first-order chi connectivity index (χ1) is 5.02. The van der Waals surface area contributed by atoms with Crippen LogP contribution in [0.4, 0.5) is 0 Å². The minimum Gasteiger partial charge on any atom is -0.550 e. The third kappa shape index (κ3) is 10.5. The summed E-state index contributed by atoms with van der Waals surface area (Å²) < 4.78 is 0. The van der Waals surface area contributed by atoms with Gasteiger partial charge in [-0.15, -0.1) is 0 Å². The Balaban J connectivity index is 0. The molecule has 0 spiro atoms. The SMILES string of the molecule is O=C([O-])CC(O)CCC(=O)O.[K+]. The van der Waals surface area contributed by atoms with Crippen molar-refractivity contribution in [3.05, 3.63) is 0 Å². The molecule has 0 radical (unpaired) electrons. The summed E-state index contributed by atoms with van der Waals surface area (Å²) in [6, 6.07) is 0. The Labute approximate surface area is 112 Å². The molecule has 2 N–H and O–H groups in total. The molecule has 0 aromatic heterocycles. The van der Waals surface area contributed by atoms with Gasteiger partial charge in [-0.2, -0.15) is 0 Å². The summed E-state index contributed by atoms with van der Waals surface area (Å²) in [6.45, 7) is 0. The van der Waals surface area contributed by atoms with Crippen LogP contribution < -0.4 is 56.5 Å². The summed E-state index contributed by atoms with van der Waals surface area (Å²) in [5, 5.41) is 26.7. The van der Waals surface area contributed by atoms with Gasteiger partial charge in [0.1, 0.15) is 0 Å². The van der Waals surface area contributed by atoms with Crippen molar-refractivity contribution in [2.75, 3.05) is 0 Å². The van der Waals surface area contributed by atoms with Gasteiger partial charge in [-0.25, -0.2) is 0 Å². The summed E-state index contributed by atoms with van der Waals surface area (Å²) in [5.41, 5.74) is 0. The van der Waals surface area contributed by atoms with Crippen LogP contribution in [-0.4, -0.2) is 28.3 Å². The van der Waals surface area contributed by atoms with Crippen molar-refractivity contribution in [1.82, 2.24) is 0 Å². The van der Waals surface area contributed by atoms with Gasteiger partial charge < -0.3 is 20.1 Å². The Kier molecular flexibility index (Phi) is 10.2. The zero-order chi connectivity index (χ0) is 8.85. The topological polar surface area (TPSA) is 97.7 Å². The molecule has 0 bridgehead atoms. The zero-order valence-electron chi connectivity index (χ0n) is 6.82. The molecule has 6 heteroatoms. The Morgan fingerprint density at radius 1 is 1.42 bits per heavy atom. The number of hydrogen-bond donors (Lipinski definition) is 2. The number of aliphatic carboxylic acids is 2. The number of hydrogen-bond acceptors (Lipinski definition) is 4. The standard InChI is InChI=1S/C6H10O5.K/c7-4(3-6(10)11)1-2-5(8)9;/h4,7H,1-3H2,(H,8,9)(H,10,11);/q;+1/p-1. The van der Waals surface area contributed by atoms with Crippen LogP contribution in [0.1, 0.15) is 19.3 Å². The molecule has 0 heterocycles. The van der Waals surface area contributed by atoms with Crippen LogP contribution in [-0.2, 0) is 9.59 Å². The Morgan fingerprint density at radius 2 is 1.92 bits per heavy atom. The summed E-state index contributed by atoms with van der Waals surface area (Å²) in [6.07, 6.45) is -1.90. The molecule has 0 aromatic rings. The van der Waals surface area contributed by atoms with E-state index < -0.39 is 24.5 Å². The van der Waals surface area contributed by atoms with Crippen LogP contribution in [0.2, 0.25) is 0 Å². The van der Waals surface area contributed by atoms with Crippen LogP contribution in [0.25, 0.3) is 0 Å². The van der Waals surface area contributed by atoms with Crippen LogP contribution >= 0.6 is 0 Å². The van der Waals surface area contributed by atoms with E-state index >= 15 is 0 Å². The maximum absolute atomic E-state index is 9.92. The van der Waals surface area contributed by atoms with E-state index in [0.29, 0.717) is 0 Å². The molecule has 0 rings (SSSR count). The van der Waals surface area contributed by atoms with Crippen LogP contribution in [0.3, 0.4) is 0 Å². The second kappa shape index (κ2) is 8.15. The van der Waals surface area contributed by atoms with Gasteiger partial charge in [0.2, 0.25) is 0 Å². The van der Waals surface area contributed by atoms with Crippen molar-refractivity contribution in [1.29, 1.82) is 0 Å². The summed E-state index contributed by atoms with van der Waals surface area (Å²) in [4.78, 5) is 19.8. The van der Waals surface area contributed by atoms with Gasteiger partial charge in [-0.05, 0) is 6.42 Å². The summed E-state index contributed by atoms with van der Waals surface area (Å²) in [7, 11) is 0. The normalized spacial score (nSPS) is 11.4. The van der Waals surface area contributed by atoms with Gasteiger partial charge in [0.15, 0.2) is 0 Å². The van der Waals surface area contributed by atoms with E-state index in [0.717, 1.165) is 0 Å². The minimum absolute atomic E-state index is 0. The Morgan fingerprint density at radius 3 is 2.25 bits per heavy atom. The molecule has 12 heavy (non-hydrogen) atoms. The van der Waals surface area contributed by atoms with Crippen LogP contribution in [0.15, 0.2) is 0 Å². The average molecular weight is 200 g/mol. The molecule has 0 amide bonds. The predicted octanol–water partition coefficient (Wildman–Crippen LogP) is -4.64. The third-order valence-electron chi connectivity index (χ3n) is 1.09. The number of carbonyl (C=O) groups excluding carboxylic acids is 1. The van der Waals surface area contributed by atoms with Crippen molar-refractivity contribution >= 4 is 11.9 Å². The quantitative estimate of drug-likeness (QED) is 0.435. The van der Waals surface area contributed by atoms with E-state index in [4.69, 9.17) is 10.2 Å². The average Bonchev–Trinajstić information content (AvgIpc) is 1.82. The van der Waals surface area contributed by atoms with Crippen molar-refractivity contribution < 1.29 is 76.3 Å². The van der Waals surface area contributed by atoms with Gasteiger partial charge in [0.25, 0.3) is 0 Å². The second-order valence-corrected chi connectivity index (χ2v) is 2.16. The van der Waals surface area contributed by atoms with Gasteiger partial charge in [0.05, 0.1) is 6.10 Å². The first kappa shape index (κ1) is 15.0. The maximum atomic E-state index is 9.92. The van der Waals surface area contributed by atoms with Crippen LogP contribution in [0.5, 0.6) is 0 Å². The molecule has 0 aliphatic heterocycles. The van der Waals surface area contributed by atoms with E-state index in [1.165, 1.54) is 0 Å². The monoisotopic (exact) mass is 200 g/mol. The number of carbonyl (C=O) groups is 2. The molecule has 0 saturated carbocycles. The van der Waals surface area contributed by atoms with E-state index in [1.807, 2.05) is 0 Å². The molecule has 0 fully saturated rings. The minimum atomic E-state index is -1.37. The van der Waals surface area contributed by atoms with Gasteiger partial charge in [-0.1, -0.05) is 0 Å². The molecular formula is C6H9KO5. The van der Waals surface area contributed by atoms with Crippen molar-refractivity contribution in [3.8, 4) is 0 Å².